The lowest BCUT2D eigenvalue weighted by Crippen LogP contribution is -2.12. The molecule has 0 amide bonds. The van der Waals surface area contributed by atoms with E-state index in [0.717, 1.165) is 17.9 Å². The maximum Gasteiger partial charge on any atom is 0.146 e. The summed E-state index contributed by atoms with van der Waals surface area (Å²) < 4.78 is 5.86. The van der Waals surface area contributed by atoms with E-state index in [1.54, 1.807) is 6.07 Å². The van der Waals surface area contributed by atoms with Gasteiger partial charge in [0.1, 0.15) is 11.5 Å². The fraction of sp³-hybridized carbons (Fsp3) is 0.200. The van der Waals surface area contributed by atoms with E-state index in [9.17, 15) is 0 Å². The van der Waals surface area contributed by atoms with Crippen LogP contribution in [0.5, 0.6) is 11.5 Å². The van der Waals surface area contributed by atoms with E-state index in [0.29, 0.717) is 22.3 Å². The first-order valence-corrected chi connectivity index (χ1v) is 6.88. The van der Waals surface area contributed by atoms with Gasteiger partial charge in [0.15, 0.2) is 0 Å². The Hall–Kier alpha value is -1.22. The molecule has 0 fully saturated rings. The smallest absolute Gasteiger partial charge is 0.146 e. The highest BCUT2D eigenvalue weighted by Gasteiger charge is 2.10. The Bertz CT molecular complexity index is 558. The van der Waals surface area contributed by atoms with Crippen molar-refractivity contribution in [2.75, 3.05) is 6.54 Å². The average Bonchev–Trinajstić information content (AvgIpc) is 2.41. The number of para-hydroxylation sites is 1. The summed E-state index contributed by atoms with van der Waals surface area (Å²) in [6, 6.07) is 13.0. The molecule has 0 radical (unpaired) electrons. The second-order valence-electron chi connectivity index (χ2n) is 4.03. The number of hydrogen-bond acceptors (Lipinski definition) is 2. The van der Waals surface area contributed by atoms with Crippen molar-refractivity contribution in [1.82, 2.24) is 5.32 Å². The number of nitrogens with one attached hydrogen (secondary N) is 1. The Kier molecular flexibility index (Phi) is 5.08. The van der Waals surface area contributed by atoms with Crippen molar-refractivity contribution in [3.8, 4) is 11.5 Å². The summed E-state index contributed by atoms with van der Waals surface area (Å²) in [5, 5.41) is 4.51. The van der Waals surface area contributed by atoms with Gasteiger partial charge in [-0.25, -0.2) is 0 Å². The van der Waals surface area contributed by atoms with E-state index in [-0.39, 0.29) is 0 Å². The number of halogens is 2. The molecule has 0 aromatic heterocycles. The second-order valence-corrected chi connectivity index (χ2v) is 4.84. The average molecular weight is 296 g/mol. The lowest BCUT2D eigenvalue weighted by Gasteiger charge is -2.13. The third kappa shape index (κ3) is 3.63. The molecule has 1 N–H and O–H groups in total. The predicted molar refractivity (Wildman–Crippen MR) is 80.4 cm³/mol. The van der Waals surface area contributed by atoms with Crippen LogP contribution >= 0.6 is 23.2 Å². The maximum absolute atomic E-state index is 6.22. The summed E-state index contributed by atoms with van der Waals surface area (Å²) in [5.74, 6) is 1.35. The molecule has 0 aliphatic rings. The van der Waals surface area contributed by atoms with Crippen LogP contribution in [0.2, 0.25) is 10.0 Å². The van der Waals surface area contributed by atoms with Crippen molar-refractivity contribution >= 4 is 23.2 Å². The van der Waals surface area contributed by atoms with Gasteiger partial charge in [0.25, 0.3) is 0 Å². The molecule has 0 aliphatic carbocycles. The quantitative estimate of drug-likeness (QED) is 0.847. The molecule has 0 saturated carbocycles. The minimum absolute atomic E-state index is 0.580. The zero-order chi connectivity index (χ0) is 13.7. The van der Waals surface area contributed by atoms with Crippen LogP contribution in [0.1, 0.15) is 12.5 Å². The van der Waals surface area contributed by atoms with Crippen molar-refractivity contribution in [1.29, 1.82) is 0 Å². The number of ether oxygens (including phenoxy) is 1. The third-order valence-electron chi connectivity index (χ3n) is 2.68. The summed E-state index contributed by atoms with van der Waals surface area (Å²) in [7, 11) is 0. The van der Waals surface area contributed by atoms with Crippen LogP contribution in [0.15, 0.2) is 42.5 Å². The monoisotopic (exact) mass is 295 g/mol. The molecule has 19 heavy (non-hydrogen) atoms. The van der Waals surface area contributed by atoms with Gasteiger partial charge < -0.3 is 10.1 Å². The van der Waals surface area contributed by atoms with E-state index < -0.39 is 0 Å². The van der Waals surface area contributed by atoms with Crippen LogP contribution < -0.4 is 10.1 Å². The Morgan fingerprint density at radius 3 is 2.37 bits per heavy atom. The fourth-order valence-electron chi connectivity index (χ4n) is 1.70. The van der Waals surface area contributed by atoms with Crippen molar-refractivity contribution in [2.45, 2.75) is 13.5 Å². The lowest BCUT2D eigenvalue weighted by atomic mass is 10.2. The number of hydrogen-bond donors (Lipinski definition) is 1. The molecule has 2 rings (SSSR count). The maximum atomic E-state index is 6.22. The van der Waals surface area contributed by atoms with Gasteiger partial charge in [-0.2, -0.15) is 0 Å². The van der Waals surface area contributed by atoms with Crippen LogP contribution in [-0.4, -0.2) is 6.54 Å². The van der Waals surface area contributed by atoms with Crippen molar-refractivity contribution < 1.29 is 4.74 Å². The Morgan fingerprint density at radius 2 is 1.63 bits per heavy atom. The molecular weight excluding hydrogens is 281 g/mol. The third-order valence-corrected chi connectivity index (χ3v) is 3.35. The highest BCUT2D eigenvalue weighted by molar-refractivity contribution is 6.32. The largest absolute Gasteiger partial charge is 0.455 e. The molecular formula is C15H15Cl2NO. The standard InChI is InChI=1S/C15H15Cl2NO/c1-2-18-10-11-12(16)7-5-9-14(11)19-15-8-4-3-6-13(15)17/h3-9,18H,2,10H2,1H3. The number of benzene rings is 2. The minimum Gasteiger partial charge on any atom is -0.455 e. The zero-order valence-corrected chi connectivity index (χ0v) is 12.1. The summed E-state index contributed by atoms with van der Waals surface area (Å²) in [6.07, 6.45) is 0. The number of rotatable bonds is 5. The summed E-state index contributed by atoms with van der Waals surface area (Å²) in [4.78, 5) is 0. The van der Waals surface area contributed by atoms with E-state index in [1.807, 2.05) is 43.3 Å². The molecule has 0 aliphatic heterocycles. The van der Waals surface area contributed by atoms with Gasteiger partial charge in [0.05, 0.1) is 5.02 Å². The molecule has 0 unspecified atom stereocenters. The van der Waals surface area contributed by atoms with Gasteiger partial charge in [-0.05, 0) is 30.8 Å². The van der Waals surface area contributed by atoms with Gasteiger partial charge in [-0.1, -0.05) is 48.3 Å². The first-order valence-electron chi connectivity index (χ1n) is 6.13. The van der Waals surface area contributed by atoms with Gasteiger partial charge >= 0.3 is 0 Å². The summed E-state index contributed by atoms with van der Waals surface area (Å²) in [5.41, 5.74) is 0.936. The topological polar surface area (TPSA) is 21.3 Å². The highest BCUT2D eigenvalue weighted by Crippen LogP contribution is 2.33. The minimum atomic E-state index is 0.580. The SMILES string of the molecule is CCNCc1c(Cl)cccc1Oc1ccccc1Cl. The van der Waals surface area contributed by atoms with Crippen molar-refractivity contribution in [3.63, 3.8) is 0 Å². The lowest BCUT2D eigenvalue weighted by molar-refractivity contribution is 0.473. The Labute approximate surface area is 123 Å². The molecule has 4 heteroatoms. The molecule has 0 spiro atoms. The molecule has 0 atom stereocenters. The molecule has 2 aromatic carbocycles. The van der Waals surface area contributed by atoms with Crippen LogP contribution in [0, 0.1) is 0 Å². The molecule has 0 saturated heterocycles. The zero-order valence-electron chi connectivity index (χ0n) is 10.6. The first kappa shape index (κ1) is 14.2. The van der Waals surface area contributed by atoms with Crippen LogP contribution in [0.3, 0.4) is 0 Å². The van der Waals surface area contributed by atoms with Crippen LogP contribution in [-0.2, 0) is 6.54 Å². The summed E-state index contributed by atoms with van der Waals surface area (Å²) in [6.45, 7) is 3.58. The highest BCUT2D eigenvalue weighted by atomic mass is 35.5. The van der Waals surface area contributed by atoms with E-state index in [4.69, 9.17) is 27.9 Å². The Balaban J connectivity index is 2.29. The van der Waals surface area contributed by atoms with Crippen LogP contribution in [0.4, 0.5) is 0 Å². The first-order chi connectivity index (χ1) is 9.22. The van der Waals surface area contributed by atoms with Gasteiger partial charge in [-0.3, -0.25) is 0 Å². The van der Waals surface area contributed by atoms with Gasteiger partial charge in [0.2, 0.25) is 0 Å². The van der Waals surface area contributed by atoms with E-state index >= 15 is 0 Å². The van der Waals surface area contributed by atoms with Crippen LogP contribution in [0.25, 0.3) is 0 Å². The second kappa shape index (κ2) is 6.80. The molecule has 2 aromatic rings. The predicted octanol–water partition coefficient (Wildman–Crippen LogP) is 4.90. The normalized spacial score (nSPS) is 10.5. The molecule has 2 nitrogen and oxygen atoms in total. The Morgan fingerprint density at radius 1 is 0.947 bits per heavy atom. The molecule has 0 bridgehead atoms. The van der Waals surface area contributed by atoms with Crippen molar-refractivity contribution in [3.05, 3.63) is 58.1 Å². The van der Waals surface area contributed by atoms with E-state index in [2.05, 4.69) is 5.32 Å². The van der Waals surface area contributed by atoms with E-state index in [1.165, 1.54) is 0 Å². The fourth-order valence-corrected chi connectivity index (χ4v) is 2.11. The molecule has 100 valence electrons. The van der Waals surface area contributed by atoms with Gasteiger partial charge in [0, 0.05) is 17.1 Å². The summed E-state index contributed by atoms with van der Waals surface area (Å²) >= 11 is 12.3. The van der Waals surface area contributed by atoms with Gasteiger partial charge in [-0.15, -0.1) is 0 Å². The van der Waals surface area contributed by atoms with Crippen molar-refractivity contribution in [2.24, 2.45) is 0 Å². The molecule has 0 heterocycles.